The van der Waals surface area contributed by atoms with Crippen LogP contribution < -0.4 is 0 Å². The summed E-state index contributed by atoms with van der Waals surface area (Å²) in [4.78, 5) is 42.7. The molecular weight excluding hydrogens is 683 g/mol. The largest absolute Gasteiger partial charge is 0.469 e. The Balaban J connectivity index is 4.27. The lowest BCUT2D eigenvalue weighted by atomic mass is 10.1. The van der Waals surface area contributed by atoms with Crippen LogP contribution in [0, 0.1) is 0 Å². The van der Waals surface area contributed by atoms with Gasteiger partial charge in [-0.3, -0.25) is 14.1 Å². The SMILES string of the molecule is CC/C=C\C[C@H](O)/C=C/C=C\C=C\[C@H](O)C/C=C\C/C=C\CCC(=O)O[C@H](COC(=O)CCCCCCC/C=C\CCCCCC)COP(=O)(O)O. The minimum Gasteiger partial charge on any atom is -0.462 e. The quantitative estimate of drug-likeness (QED) is 0.0167. The number of aliphatic hydroxyl groups excluding tert-OH is 2. The van der Waals surface area contributed by atoms with E-state index in [1.165, 1.54) is 25.7 Å². The monoisotopic (exact) mass is 750 g/mol. The van der Waals surface area contributed by atoms with Gasteiger partial charge >= 0.3 is 19.8 Å². The molecule has 0 amide bonds. The minimum atomic E-state index is -4.81. The normalized spacial score (nSPS) is 14.7. The molecule has 4 N–H and O–H groups in total. The highest BCUT2D eigenvalue weighted by molar-refractivity contribution is 7.46. The predicted molar refractivity (Wildman–Crippen MR) is 209 cm³/mol. The lowest BCUT2D eigenvalue weighted by Gasteiger charge is -2.18. The zero-order valence-corrected chi connectivity index (χ0v) is 32.5. The van der Waals surface area contributed by atoms with Gasteiger partial charge < -0.3 is 29.5 Å². The lowest BCUT2D eigenvalue weighted by Crippen LogP contribution is -2.29. The number of phosphoric acid groups is 1. The smallest absolute Gasteiger partial charge is 0.462 e. The van der Waals surface area contributed by atoms with E-state index in [4.69, 9.17) is 19.3 Å². The van der Waals surface area contributed by atoms with Crippen LogP contribution >= 0.6 is 7.82 Å². The van der Waals surface area contributed by atoms with Crippen molar-refractivity contribution in [3.63, 3.8) is 0 Å². The molecule has 0 saturated carbocycles. The second-order valence-electron chi connectivity index (χ2n) is 12.6. The van der Waals surface area contributed by atoms with Crippen LogP contribution in [0.2, 0.25) is 0 Å². The van der Waals surface area contributed by atoms with Crippen molar-refractivity contribution in [1.82, 2.24) is 0 Å². The first-order chi connectivity index (χ1) is 25.1. The van der Waals surface area contributed by atoms with E-state index in [-0.39, 0.29) is 19.4 Å². The van der Waals surface area contributed by atoms with E-state index in [1.54, 1.807) is 36.5 Å². The molecule has 0 bridgehead atoms. The number of carbonyl (C=O) groups is 2. The number of phosphoric ester groups is 1. The summed E-state index contributed by atoms with van der Waals surface area (Å²) < 4.78 is 26.2. The van der Waals surface area contributed by atoms with Gasteiger partial charge in [-0.1, -0.05) is 137 Å². The predicted octanol–water partition coefficient (Wildman–Crippen LogP) is 9.23. The third-order valence-electron chi connectivity index (χ3n) is 7.58. The summed E-state index contributed by atoms with van der Waals surface area (Å²) in [6.45, 7) is 3.30. The van der Waals surface area contributed by atoms with Gasteiger partial charge in [0.05, 0.1) is 18.8 Å². The van der Waals surface area contributed by atoms with Crippen LogP contribution in [0.5, 0.6) is 0 Å². The molecule has 52 heavy (non-hydrogen) atoms. The van der Waals surface area contributed by atoms with Crippen molar-refractivity contribution in [3.8, 4) is 0 Å². The molecule has 0 saturated heterocycles. The fourth-order valence-electron chi connectivity index (χ4n) is 4.68. The zero-order chi connectivity index (χ0) is 38.5. The van der Waals surface area contributed by atoms with E-state index < -0.39 is 44.7 Å². The van der Waals surface area contributed by atoms with E-state index in [0.29, 0.717) is 32.1 Å². The van der Waals surface area contributed by atoms with Gasteiger partial charge in [0.1, 0.15) is 6.61 Å². The molecule has 0 radical (unpaired) electrons. The second kappa shape index (κ2) is 35.2. The van der Waals surface area contributed by atoms with Crippen LogP contribution in [0.3, 0.4) is 0 Å². The molecule has 0 rings (SSSR count). The minimum absolute atomic E-state index is 0.0242. The summed E-state index contributed by atoms with van der Waals surface area (Å²) in [5, 5.41) is 19.9. The summed E-state index contributed by atoms with van der Waals surface area (Å²) in [5.41, 5.74) is 0. The lowest BCUT2D eigenvalue weighted by molar-refractivity contribution is -0.161. The molecule has 0 aliphatic heterocycles. The van der Waals surface area contributed by atoms with Crippen molar-refractivity contribution in [3.05, 3.63) is 85.1 Å². The number of hydrogen-bond donors (Lipinski definition) is 4. The Labute approximate surface area is 313 Å². The van der Waals surface area contributed by atoms with Gasteiger partial charge in [0, 0.05) is 12.8 Å². The van der Waals surface area contributed by atoms with Crippen LogP contribution in [0.1, 0.15) is 129 Å². The van der Waals surface area contributed by atoms with Gasteiger partial charge in [0.2, 0.25) is 0 Å². The molecule has 0 aromatic rings. The third-order valence-corrected chi connectivity index (χ3v) is 8.06. The number of ether oxygens (including phenoxy) is 2. The third kappa shape index (κ3) is 36.9. The Bertz CT molecular complexity index is 1150. The van der Waals surface area contributed by atoms with Gasteiger partial charge in [0.25, 0.3) is 0 Å². The van der Waals surface area contributed by atoms with E-state index in [1.807, 2.05) is 43.4 Å². The Kier molecular flexibility index (Phi) is 33.3. The van der Waals surface area contributed by atoms with Crippen LogP contribution in [-0.4, -0.2) is 63.5 Å². The van der Waals surface area contributed by atoms with E-state index in [0.717, 1.165) is 44.9 Å². The molecular formula is C41H67O10P. The number of carbonyl (C=O) groups excluding carboxylic acids is 2. The molecule has 0 aliphatic carbocycles. The topological polar surface area (TPSA) is 160 Å². The average molecular weight is 751 g/mol. The Morgan fingerprint density at radius 3 is 1.79 bits per heavy atom. The number of allylic oxidation sites excluding steroid dienone is 10. The maximum Gasteiger partial charge on any atom is 0.469 e. The van der Waals surface area contributed by atoms with Gasteiger partial charge in [-0.15, -0.1) is 0 Å². The molecule has 3 atom stereocenters. The Morgan fingerprint density at radius 2 is 1.17 bits per heavy atom. The van der Waals surface area contributed by atoms with Crippen molar-refractivity contribution >= 4 is 19.8 Å². The molecule has 10 nitrogen and oxygen atoms in total. The summed E-state index contributed by atoms with van der Waals surface area (Å²) in [7, 11) is -4.81. The molecule has 0 fully saturated rings. The van der Waals surface area contributed by atoms with Gasteiger partial charge in [-0.05, 0) is 64.2 Å². The molecule has 0 heterocycles. The first-order valence-corrected chi connectivity index (χ1v) is 20.6. The summed E-state index contributed by atoms with van der Waals surface area (Å²) in [6, 6.07) is 0. The number of hydrogen-bond acceptors (Lipinski definition) is 8. The number of rotatable bonds is 33. The highest BCUT2D eigenvalue weighted by Crippen LogP contribution is 2.35. The van der Waals surface area contributed by atoms with E-state index in [9.17, 15) is 24.4 Å². The van der Waals surface area contributed by atoms with Crippen LogP contribution in [0.25, 0.3) is 0 Å². The van der Waals surface area contributed by atoms with Crippen LogP contribution in [0.4, 0.5) is 0 Å². The maximum absolute atomic E-state index is 12.3. The molecule has 0 aromatic heterocycles. The number of esters is 2. The molecule has 11 heteroatoms. The standard InChI is InChI=1S/C41H67O10P/c1-3-5-7-8-9-10-11-12-13-14-15-19-27-33-40(44)49-35-39(36-50-52(46,47)48)51-41(45)34-28-20-17-16-18-24-30-38(43)32-26-22-21-25-31-37(42)29-23-6-4-2/h6,10-11,17-18,20-26,31-32,37-39,42-43H,3-5,7-9,12-16,19,27-30,33-36H2,1-2H3,(H2,46,47,48)/b11-10-,20-17-,22-21-,23-6-,24-18-,31-25+,32-26+/t37-,38+,39+/m0/s1. The van der Waals surface area contributed by atoms with Crippen LogP contribution in [-0.2, 0) is 28.2 Å². The van der Waals surface area contributed by atoms with Crippen LogP contribution in [0.15, 0.2) is 85.1 Å². The molecule has 0 aromatic carbocycles. The van der Waals surface area contributed by atoms with Crippen molar-refractivity contribution in [2.24, 2.45) is 0 Å². The fraction of sp³-hybridized carbons (Fsp3) is 0.610. The maximum atomic E-state index is 12.3. The average Bonchev–Trinajstić information content (AvgIpc) is 3.10. The Hall–Kier alpha value is -2.85. The van der Waals surface area contributed by atoms with Crippen molar-refractivity contribution in [1.29, 1.82) is 0 Å². The Morgan fingerprint density at radius 1 is 0.615 bits per heavy atom. The zero-order valence-electron chi connectivity index (χ0n) is 31.6. The summed E-state index contributed by atoms with van der Waals surface area (Å²) in [6.07, 6.45) is 39.5. The van der Waals surface area contributed by atoms with Crippen molar-refractivity contribution < 1.29 is 48.2 Å². The van der Waals surface area contributed by atoms with Gasteiger partial charge in [0.15, 0.2) is 6.10 Å². The summed E-state index contributed by atoms with van der Waals surface area (Å²) >= 11 is 0. The van der Waals surface area contributed by atoms with E-state index >= 15 is 0 Å². The molecule has 296 valence electrons. The number of aliphatic hydroxyl groups is 2. The van der Waals surface area contributed by atoms with E-state index in [2.05, 4.69) is 23.6 Å². The fourth-order valence-corrected chi connectivity index (χ4v) is 5.04. The van der Waals surface area contributed by atoms with Crippen molar-refractivity contribution in [2.45, 2.75) is 148 Å². The van der Waals surface area contributed by atoms with Gasteiger partial charge in [-0.2, -0.15) is 0 Å². The molecule has 0 unspecified atom stereocenters. The van der Waals surface area contributed by atoms with Gasteiger partial charge in [-0.25, -0.2) is 4.57 Å². The second-order valence-corrected chi connectivity index (χ2v) is 13.8. The first-order valence-electron chi connectivity index (χ1n) is 19.1. The highest BCUT2D eigenvalue weighted by Gasteiger charge is 2.22. The molecule has 0 aliphatic rings. The number of unbranched alkanes of at least 4 members (excludes halogenated alkanes) is 9. The van der Waals surface area contributed by atoms with Crippen molar-refractivity contribution in [2.75, 3.05) is 13.2 Å². The highest BCUT2D eigenvalue weighted by atomic mass is 31.2. The summed E-state index contributed by atoms with van der Waals surface area (Å²) in [5.74, 6) is -1.07. The first kappa shape index (κ1) is 49.1. The molecule has 0 spiro atoms.